The maximum atomic E-state index is 11.7. The fraction of sp³-hybridized carbons (Fsp3) is 0.462. The third-order valence-corrected chi connectivity index (χ3v) is 2.84. The Hall–Kier alpha value is -1.31. The van der Waals surface area contributed by atoms with E-state index < -0.39 is 0 Å². The van der Waals surface area contributed by atoms with Crippen LogP contribution in [0.5, 0.6) is 0 Å². The van der Waals surface area contributed by atoms with Crippen LogP contribution in [0.2, 0.25) is 0 Å². The Labute approximate surface area is 90.7 Å². The zero-order chi connectivity index (χ0) is 11.0. The second-order valence-electron chi connectivity index (χ2n) is 4.75. The van der Waals surface area contributed by atoms with Gasteiger partial charge in [0.15, 0.2) is 0 Å². The second kappa shape index (κ2) is 3.69. The van der Waals surface area contributed by atoms with Gasteiger partial charge in [-0.2, -0.15) is 0 Å². The molecule has 0 fully saturated rings. The summed E-state index contributed by atoms with van der Waals surface area (Å²) >= 11 is 0. The number of carbonyl (C=O) groups is 1. The minimum atomic E-state index is 0.0793. The lowest BCUT2D eigenvalue weighted by Gasteiger charge is -2.14. The molecule has 0 spiro atoms. The number of hydrogen-bond acceptors (Lipinski definition) is 1. The Balaban J connectivity index is 2.35. The monoisotopic (exact) mass is 203 g/mol. The number of hydrogen-bond donors (Lipinski definition) is 1. The lowest BCUT2D eigenvalue weighted by atomic mass is 9.96. The van der Waals surface area contributed by atoms with Crippen molar-refractivity contribution in [2.45, 2.75) is 33.2 Å². The first-order chi connectivity index (χ1) is 7.08. The predicted octanol–water partition coefficient (Wildman–Crippen LogP) is 2.83. The van der Waals surface area contributed by atoms with Crippen LogP contribution in [0, 0.1) is 12.8 Å². The van der Waals surface area contributed by atoms with Crippen LogP contribution in [0.4, 0.5) is 0 Å². The molecule has 1 aromatic carbocycles. The number of rotatable bonds is 2. The highest BCUT2D eigenvalue weighted by Gasteiger charge is 2.28. The van der Waals surface area contributed by atoms with Crippen molar-refractivity contribution in [3.05, 3.63) is 34.9 Å². The first-order valence-electron chi connectivity index (χ1n) is 5.49. The predicted molar refractivity (Wildman–Crippen MR) is 60.8 cm³/mol. The number of aryl methyl sites for hydroxylation is 1. The molecule has 0 radical (unpaired) electrons. The largest absolute Gasteiger partial charge is 0.345 e. The fourth-order valence-corrected chi connectivity index (χ4v) is 2.15. The molecule has 1 amide bonds. The van der Waals surface area contributed by atoms with E-state index in [4.69, 9.17) is 0 Å². The topological polar surface area (TPSA) is 29.1 Å². The molecule has 2 rings (SSSR count). The molecule has 0 saturated heterocycles. The lowest BCUT2D eigenvalue weighted by Crippen LogP contribution is -2.20. The molecule has 1 aliphatic heterocycles. The van der Waals surface area contributed by atoms with Gasteiger partial charge in [-0.1, -0.05) is 31.5 Å². The summed E-state index contributed by atoms with van der Waals surface area (Å²) in [5.74, 6) is 0.678. The molecule has 15 heavy (non-hydrogen) atoms. The van der Waals surface area contributed by atoms with Gasteiger partial charge >= 0.3 is 0 Å². The summed E-state index contributed by atoms with van der Waals surface area (Å²) in [6, 6.07) is 6.27. The number of carbonyl (C=O) groups excluding carboxylic acids is 1. The highest BCUT2D eigenvalue weighted by molar-refractivity contribution is 5.99. The molecular weight excluding hydrogens is 186 g/mol. The average molecular weight is 203 g/mol. The Morgan fingerprint density at radius 1 is 1.40 bits per heavy atom. The van der Waals surface area contributed by atoms with E-state index in [0.29, 0.717) is 5.92 Å². The van der Waals surface area contributed by atoms with Gasteiger partial charge in [0, 0.05) is 5.56 Å². The van der Waals surface area contributed by atoms with Gasteiger partial charge in [0.1, 0.15) is 0 Å². The van der Waals surface area contributed by atoms with Gasteiger partial charge in [0.05, 0.1) is 6.04 Å². The molecule has 2 heteroatoms. The SMILES string of the molecule is Cc1ccc2c(c1)C(CC(C)C)NC2=O. The van der Waals surface area contributed by atoms with Crippen molar-refractivity contribution in [2.24, 2.45) is 5.92 Å². The summed E-state index contributed by atoms with van der Waals surface area (Å²) < 4.78 is 0. The smallest absolute Gasteiger partial charge is 0.252 e. The van der Waals surface area contributed by atoms with Crippen LogP contribution in [-0.2, 0) is 0 Å². The van der Waals surface area contributed by atoms with Crippen molar-refractivity contribution < 1.29 is 4.79 Å². The van der Waals surface area contributed by atoms with Crippen molar-refractivity contribution in [3.63, 3.8) is 0 Å². The van der Waals surface area contributed by atoms with Gasteiger partial charge in [-0.3, -0.25) is 4.79 Å². The van der Waals surface area contributed by atoms with E-state index in [-0.39, 0.29) is 11.9 Å². The average Bonchev–Trinajstić information content (AvgIpc) is 2.42. The van der Waals surface area contributed by atoms with Crippen molar-refractivity contribution in [1.82, 2.24) is 5.32 Å². The van der Waals surface area contributed by atoms with E-state index in [1.165, 1.54) is 11.1 Å². The third-order valence-electron chi connectivity index (χ3n) is 2.84. The summed E-state index contributed by atoms with van der Waals surface area (Å²) in [6.45, 7) is 6.43. The standard InChI is InChI=1S/C13H17NO/c1-8(2)6-12-11-7-9(3)4-5-10(11)13(15)14-12/h4-5,7-8,12H,6H2,1-3H3,(H,14,15). The molecule has 80 valence electrons. The first kappa shape index (κ1) is 10.2. The van der Waals surface area contributed by atoms with Gasteiger partial charge in [-0.05, 0) is 30.9 Å². The third kappa shape index (κ3) is 1.89. The van der Waals surface area contributed by atoms with E-state index in [1.807, 2.05) is 12.1 Å². The Morgan fingerprint density at radius 2 is 2.13 bits per heavy atom. The number of fused-ring (bicyclic) bond motifs is 1. The second-order valence-corrected chi connectivity index (χ2v) is 4.75. The molecule has 1 heterocycles. The highest BCUT2D eigenvalue weighted by atomic mass is 16.2. The fourth-order valence-electron chi connectivity index (χ4n) is 2.15. The van der Waals surface area contributed by atoms with Crippen LogP contribution in [-0.4, -0.2) is 5.91 Å². The number of nitrogens with one attached hydrogen (secondary N) is 1. The summed E-state index contributed by atoms with van der Waals surface area (Å²) in [5.41, 5.74) is 3.25. The van der Waals surface area contributed by atoms with Crippen molar-refractivity contribution >= 4 is 5.91 Å². The van der Waals surface area contributed by atoms with Gasteiger partial charge in [-0.15, -0.1) is 0 Å². The maximum Gasteiger partial charge on any atom is 0.252 e. The van der Waals surface area contributed by atoms with Gasteiger partial charge < -0.3 is 5.32 Å². The molecule has 0 saturated carbocycles. The van der Waals surface area contributed by atoms with E-state index in [1.54, 1.807) is 0 Å². The van der Waals surface area contributed by atoms with Gasteiger partial charge in [-0.25, -0.2) is 0 Å². The van der Waals surface area contributed by atoms with E-state index in [0.717, 1.165) is 12.0 Å². The Morgan fingerprint density at radius 3 is 2.80 bits per heavy atom. The molecule has 0 bridgehead atoms. The molecule has 2 nitrogen and oxygen atoms in total. The molecule has 1 aliphatic rings. The normalized spacial score (nSPS) is 19.2. The molecule has 1 N–H and O–H groups in total. The van der Waals surface area contributed by atoms with Crippen LogP contribution >= 0.6 is 0 Å². The van der Waals surface area contributed by atoms with Gasteiger partial charge in [0.2, 0.25) is 0 Å². The quantitative estimate of drug-likeness (QED) is 0.786. The maximum absolute atomic E-state index is 11.7. The summed E-state index contributed by atoms with van der Waals surface area (Å²) in [4.78, 5) is 11.7. The molecular formula is C13H17NO. The van der Waals surface area contributed by atoms with Crippen LogP contribution in [0.25, 0.3) is 0 Å². The summed E-state index contributed by atoms with van der Waals surface area (Å²) in [5, 5.41) is 3.04. The number of amides is 1. The van der Waals surface area contributed by atoms with E-state index in [2.05, 4.69) is 32.2 Å². The number of benzene rings is 1. The van der Waals surface area contributed by atoms with Crippen molar-refractivity contribution in [3.8, 4) is 0 Å². The van der Waals surface area contributed by atoms with Crippen LogP contribution in [0.15, 0.2) is 18.2 Å². The van der Waals surface area contributed by atoms with Crippen LogP contribution in [0.1, 0.15) is 47.8 Å². The first-order valence-corrected chi connectivity index (χ1v) is 5.49. The zero-order valence-electron chi connectivity index (χ0n) is 9.50. The molecule has 0 aromatic heterocycles. The lowest BCUT2D eigenvalue weighted by molar-refractivity contribution is 0.0953. The minimum absolute atomic E-state index is 0.0793. The minimum Gasteiger partial charge on any atom is -0.345 e. The molecule has 1 unspecified atom stereocenters. The summed E-state index contributed by atoms with van der Waals surface area (Å²) in [6.07, 6.45) is 1.02. The highest BCUT2D eigenvalue weighted by Crippen LogP contribution is 2.30. The van der Waals surface area contributed by atoms with Crippen molar-refractivity contribution in [1.29, 1.82) is 0 Å². The molecule has 1 atom stereocenters. The molecule has 1 aromatic rings. The Bertz CT molecular complexity index is 396. The van der Waals surface area contributed by atoms with Gasteiger partial charge in [0.25, 0.3) is 5.91 Å². The van der Waals surface area contributed by atoms with E-state index >= 15 is 0 Å². The van der Waals surface area contributed by atoms with Crippen molar-refractivity contribution in [2.75, 3.05) is 0 Å². The summed E-state index contributed by atoms with van der Waals surface area (Å²) in [7, 11) is 0. The van der Waals surface area contributed by atoms with E-state index in [9.17, 15) is 4.79 Å². The zero-order valence-corrected chi connectivity index (χ0v) is 9.50. The van der Waals surface area contributed by atoms with Crippen LogP contribution < -0.4 is 5.32 Å². The molecule has 0 aliphatic carbocycles. The van der Waals surface area contributed by atoms with Crippen LogP contribution in [0.3, 0.4) is 0 Å². The Kier molecular flexibility index (Phi) is 2.51.